The number of ether oxygens (including phenoxy) is 2. The summed E-state index contributed by atoms with van der Waals surface area (Å²) in [5.41, 5.74) is 2.92. The molecule has 0 aliphatic carbocycles. The van der Waals surface area contributed by atoms with Gasteiger partial charge in [-0.25, -0.2) is 9.40 Å². The maximum Gasteiger partial charge on any atom is 0.262 e. The third-order valence-electron chi connectivity index (χ3n) is 6.24. The zero-order valence-corrected chi connectivity index (χ0v) is 21.6. The Labute approximate surface area is 223 Å². The predicted octanol–water partition coefficient (Wildman–Crippen LogP) is 5.02. The Balaban J connectivity index is 1.41. The lowest BCUT2D eigenvalue weighted by molar-refractivity contribution is -0.121. The molecule has 5 rings (SSSR count). The molecular formula is C28H25FN4O4S. The number of carbonyl (C=O) groups excluding carboxylic acids is 2. The van der Waals surface area contributed by atoms with E-state index in [1.807, 2.05) is 24.3 Å². The summed E-state index contributed by atoms with van der Waals surface area (Å²) in [6.07, 6.45) is 0.433. The van der Waals surface area contributed by atoms with Crippen LogP contribution < -0.4 is 14.8 Å². The molecule has 0 saturated heterocycles. The number of hydrogen-bond donors (Lipinski definition) is 1. The number of amidine groups is 1. The van der Waals surface area contributed by atoms with Gasteiger partial charge in [0.25, 0.3) is 5.91 Å². The van der Waals surface area contributed by atoms with Gasteiger partial charge in [0.2, 0.25) is 5.91 Å². The summed E-state index contributed by atoms with van der Waals surface area (Å²) in [6, 6.07) is 20.3. The Morgan fingerprint density at radius 2 is 1.84 bits per heavy atom. The first-order valence-electron chi connectivity index (χ1n) is 11.9. The van der Waals surface area contributed by atoms with E-state index in [1.165, 1.54) is 23.9 Å². The van der Waals surface area contributed by atoms with E-state index in [0.29, 0.717) is 34.5 Å². The smallest absolute Gasteiger partial charge is 0.262 e. The minimum atomic E-state index is -0.673. The SMILES string of the molecule is COc1ccc(OC)c(C2=NN(C3=NC(=O)C(CC(=O)Nc4ccccc4)S3)C(c3ccc(F)cc3)C2)c1. The van der Waals surface area contributed by atoms with E-state index in [1.54, 1.807) is 55.6 Å². The molecule has 3 aromatic rings. The Hall–Kier alpha value is -4.18. The van der Waals surface area contributed by atoms with Crippen LogP contribution in [0, 0.1) is 5.82 Å². The number of amides is 2. The van der Waals surface area contributed by atoms with Gasteiger partial charge in [0.15, 0.2) is 5.17 Å². The van der Waals surface area contributed by atoms with Crippen LogP contribution in [0.15, 0.2) is 82.9 Å². The van der Waals surface area contributed by atoms with Crippen molar-refractivity contribution in [2.45, 2.75) is 24.1 Å². The van der Waals surface area contributed by atoms with Crippen LogP contribution in [-0.2, 0) is 9.59 Å². The normalized spacial score (nSPS) is 18.7. The Morgan fingerprint density at radius 3 is 2.55 bits per heavy atom. The second kappa shape index (κ2) is 11.1. The van der Waals surface area contributed by atoms with Gasteiger partial charge in [-0.1, -0.05) is 42.1 Å². The number of anilines is 1. The molecule has 0 bridgehead atoms. The third-order valence-corrected chi connectivity index (χ3v) is 7.38. The van der Waals surface area contributed by atoms with Crippen molar-refractivity contribution < 1.29 is 23.5 Å². The first-order valence-corrected chi connectivity index (χ1v) is 12.8. The van der Waals surface area contributed by atoms with Gasteiger partial charge in [0.05, 0.1) is 26.0 Å². The molecule has 2 aliphatic heterocycles. The number of rotatable bonds is 7. The van der Waals surface area contributed by atoms with Gasteiger partial charge in [-0.3, -0.25) is 9.59 Å². The monoisotopic (exact) mass is 532 g/mol. The van der Waals surface area contributed by atoms with Crippen molar-refractivity contribution in [3.8, 4) is 11.5 Å². The fourth-order valence-corrected chi connectivity index (χ4v) is 5.40. The van der Waals surface area contributed by atoms with Crippen LogP contribution in [0.4, 0.5) is 10.1 Å². The summed E-state index contributed by atoms with van der Waals surface area (Å²) in [4.78, 5) is 29.7. The lowest BCUT2D eigenvalue weighted by Crippen LogP contribution is -2.25. The van der Waals surface area contributed by atoms with Gasteiger partial charge in [0, 0.05) is 24.1 Å². The number of para-hydroxylation sites is 1. The van der Waals surface area contributed by atoms with E-state index in [9.17, 15) is 14.0 Å². The summed E-state index contributed by atoms with van der Waals surface area (Å²) in [5.74, 6) is 0.250. The Bertz CT molecular complexity index is 1410. The topological polar surface area (TPSA) is 92.6 Å². The summed E-state index contributed by atoms with van der Waals surface area (Å²) in [7, 11) is 3.16. The van der Waals surface area contributed by atoms with E-state index in [-0.39, 0.29) is 24.2 Å². The minimum absolute atomic E-state index is 0.0271. The molecule has 1 N–H and O–H groups in total. The maximum absolute atomic E-state index is 13.7. The number of halogens is 1. The molecule has 38 heavy (non-hydrogen) atoms. The highest BCUT2D eigenvalue weighted by molar-refractivity contribution is 8.15. The lowest BCUT2D eigenvalue weighted by atomic mass is 9.98. The van der Waals surface area contributed by atoms with Gasteiger partial charge in [-0.2, -0.15) is 10.1 Å². The number of thioether (sulfide) groups is 1. The molecule has 2 aliphatic rings. The van der Waals surface area contributed by atoms with Crippen molar-refractivity contribution in [1.29, 1.82) is 0 Å². The molecule has 2 unspecified atom stereocenters. The standard InChI is InChI=1S/C28H25FN4O4S/c1-36-20-12-13-24(37-2)21(14-20)22-15-23(17-8-10-18(29)11-9-17)33(32-22)28-31-27(35)25(38-28)16-26(34)30-19-6-4-3-5-7-19/h3-14,23,25H,15-16H2,1-2H3,(H,30,34). The highest BCUT2D eigenvalue weighted by Gasteiger charge is 2.39. The van der Waals surface area contributed by atoms with Crippen LogP contribution in [0.3, 0.4) is 0 Å². The molecule has 0 saturated carbocycles. The fraction of sp³-hybridized carbons (Fsp3) is 0.214. The van der Waals surface area contributed by atoms with Crippen LogP contribution in [0.1, 0.15) is 30.0 Å². The molecule has 0 spiro atoms. The Kier molecular flexibility index (Phi) is 7.41. The summed E-state index contributed by atoms with van der Waals surface area (Å²) >= 11 is 1.20. The largest absolute Gasteiger partial charge is 0.497 e. The number of hydrogen-bond acceptors (Lipinski definition) is 7. The minimum Gasteiger partial charge on any atom is -0.497 e. The first-order chi connectivity index (χ1) is 18.4. The van der Waals surface area contributed by atoms with Crippen LogP contribution in [-0.4, -0.2) is 47.2 Å². The van der Waals surface area contributed by atoms with Gasteiger partial charge < -0.3 is 14.8 Å². The highest BCUT2D eigenvalue weighted by atomic mass is 32.2. The van der Waals surface area contributed by atoms with Gasteiger partial charge in [-0.15, -0.1) is 0 Å². The van der Waals surface area contributed by atoms with Crippen LogP contribution in [0.25, 0.3) is 0 Å². The second-order valence-corrected chi connectivity index (χ2v) is 9.86. The molecular weight excluding hydrogens is 507 g/mol. The van der Waals surface area contributed by atoms with Crippen molar-refractivity contribution in [3.63, 3.8) is 0 Å². The number of carbonyl (C=O) groups is 2. The van der Waals surface area contributed by atoms with Crippen molar-refractivity contribution in [3.05, 3.63) is 89.7 Å². The molecule has 0 aromatic heterocycles. The molecule has 0 radical (unpaired) electrons. The van der Waals surface area contributed by atoms with E-state index < -0.39 is 11.2 Å². The third kappa shape index (κ3) is 5.40. The molecule has 3 aromatic carbocycles. The van der Waals surface area contributed by atoms with E-state index in [0.717, 1.165) is 11.1 Å². The number of nitrogens with zero attached hydrogens (tertiary/aromatic N) is 3. The molecule has 194 valence electrons. The van der Waals surface area contributed by atoms with Crippen molar-refractivity contribution in [2.75, 3.05) is 19.5 Å². The number of benzene rings is 3. The Morgan fingerprint density at radius 1 is 1.08 bits per heavy atom. The average molecular weight is 533 g/mol. The number of hydrazone groups is 1. The molecule has 0 fully saturated rings. The average Bonchev–Trinajstić information content (AvgIpc) is 3.53. The van der Waals surface area contributed by atoms with Crippen molar-refractivity contribution in [2.24, 2.45) is 10.1 Å². The van der Waals surface area contributed by atoms with Crippen LogP contribution >= 0.6 is 11.8 Å². The predicted molar refractivity (Wildman–Crippen MR) is 145 cm³/mol. The zero-order chi connectivity index (χ0) is 26.6. The zero-order valence-electron chi connectivity index (χ0n) is 20.8. The molecule has 2 atom stereocenters. The number of methoxy groups -OCH3 is 2. The summed E-state index contributed by atoms with van der Waals surface area (Å²) < 4.78 is 24.7. The van der Waals surface area contributed by atoms with E-state index in [2.05, 4.69) is 10.3 Å². The lowest BCUT2D eigenvalue weighted by Gasteiger charge is -2.23. The fourth-order valence-electron chi connectivity index (χ4n) is 4.34. The van der Waals surface area contributed by atoms with E-state index in [4.69, 9.17) is 14.6 Å². The second-order valence-electron chi connectivity index (χ2n) is 8.69. The number of aliphatic imine (C=N–C) groups is 1. The molecule has 10 heteroatoms. The molecule has 2 heterocycles. The quantitative estimate of drug-likeness (QED) is 0.459. The maximum atomic E-state index is 13.7. The van der Waals surface area contributed by atoms with Gasteiger partial charge in [0.1, 0.15) is 22.6 Å². The molecule has 8 nitrogen and oxygen atoms in total. The highest BCUT2D eigenvalue weighted by Crippen LogP contribution is 2.40. The van der Waals surface area contributed by atoms with Crippen LogP contribution in [0.2, 0.25) is 0 Å². The van der Waals surface area contributed by atoms with Gasteiger partial charge in [-0.05, 0) is 48.0 Å². The number of nitrogens with one attached hydrogen (secondary N) is 1. The van der Waals surface area contributed by atoms with Crippen molar-refractivity contribution in [1.82, 2.24) is 5.01 Å². The summed E-state index contributed by atoms with van der Waals surface area (Å²) in [6.45, 7) is 0. The van der Waals surface area contributed by atoms with E-state index >= 15 is 0 Å². The van der Waals surface area contributed by atoms with Crippen molar-refractivity contribution >= 4 is 40.1 Å². The van der Waals surface area contributed by atoms with Crippen LogP contribution in [0.5, 0.6) is 11.5 Å². The van der Waals surface area contributed by atoms with Gasteiger partial charge >= 0.3 is 0 Å². The molecule has 2 amide bonds. The first kappa shape index (κ1) is 25.5. The summed E-state index contributed by atoms with van der Waals surface area (Å²) in [5, 5.41) is 9.04.